The van der Waals surface area contributed by atoms with Crippen LogP contribution >= 0.6 is 12.4 Å². The van der Waals surface area contributed by atoms with Gasteiger partial charge in [0.1, 0.15) is 5.84 Å². The maximum absolute atomic E-state index is 10.6. The summed E-state index contributed by atoms with van der Waals surface area (Å²) >= 11 is 0. The van der Waals surface area contributed by atoms with Gasteiger partial charge in [0.15, 0.2) is 5.43 Å². The summed E-state index contributed by atoms with van der Waals surface area (Å²) < 4.78 is 0. The Bertz CT molecular complexity index is 307. The monoisotopic (exact) mass is 173 g/mol. The first-order valence-corrected chi connectivity index (χ1v) is 2.73. The second kappa shape index (κ2) is 3.78. The molecule has 0 aromatic carbocycles. The first-order valence-electron chi connectivity index (χ1n) is 2.73. The highest BCUT2D eigenvalue weighted by Gasteiger charge is 1.93. The Balaban J connectivity index is 0.000001000. The van der Waals surface area contributed by atoms with Crippen molar-refractivity contribution in [2.45, 2.75) is 0 Å². The zero-order valence-corrected chi connectivity index (χ0v) is 6.44. The Labute approximate surface area is 69.4 Å². The van der Waals surface area contributed by atoms with Crippen LogP contribution in [0.5, 0.6) is 0 Å². The minimum Gasteiger partial charge on any atom is -0.382 e. The van der Waals surface area contributed by atoms with E-state index in [0.717, 1.165) is 0 Å². The molecule has 60 valence electrons. The van der Waals surface area contributed by atoms with Crippen molar-refractivity contribution in [2.75, 3.05) is 0 Å². The van der Waals surface area contributed by atoms with Crippen LogP contribution in [0.4, 0.5) is 0 Å². The molecule has 1 heterocycles. The van der Waals surface area contributed by atoms with Gasteiger partial charge in [-0.3, -0.25) is 10.2 Å². The predicted molar refractivity (Wildman–Crippen MR) is 45.3 cm³/mol. The SMILES string of the molecule is Cl.N=C(N)c1cc(=O)cc[nH]1. The van der Waals surface area contributed by atoms with E-state index in [9.17, 15) is 4.79 Å². The summed E-state index contributed by atoms with van der Waals surface area (Å²) in [5, 5.41) is 6.94. The van der Waals surface area contributed by atoms with Gasteiger partial charge in [0.25, 0.3) is 0 Å². The normalized spacial score (nSPS) is 8.36. The van der Waals surface area contributed by atoms with E-state index in [2.05, 4.69) is 4.98 Å². The van der Waals surface area contributed by atoms with Gasteiger partial charge < -0.3 is 10.7 Å². The standard InChI is InChI=1S/C6H7N3O.ClH/c7-6(8)5-3-4(10)1-2-9-5;/h1-3H,(H3,7,8)(H,9,10);1H. The van der Waals surface area contributed by atoms with Crippen LogP contribution in [0.1, 0.15) is 5.69 Å². The summed E-state index contributed by atoms with van der Waals surface area (Å²) in [6.45, 7) is 0. The first-order chi connectivity index (χ1) is 4.70. The van der Waals surface area contributed by atoms with Crippen LogP contribution in [0.2, 0.25) is 0 Å². The van der Waals surface area contributed by atoms with Gasteiger partial charge in [-0.15, -0.1) is 12.4 Å². The van der Waals surface area contributed by atoms with E-state index >= 15 is 0 Å². The first kappa shape index (κ1) is 9.71. The van der Waals surface area contributed by atoms with Crippen LogP contribution in [0.15, 0.2) is 23.1 Å². The Morgan fingerprint density at radius 2 is 2.27 bits per heavy atom. The molecule has 0 aliphatic rings. The summed E-state index contributed by atoms with van der Waals surface area (Å²) in [7, 11) is 0. The molecule has 0 aliphatic heterocycles. The van der Waals surface area contributed by atoms with Crippen LogP contribution in [0, 0.1) is 5.41 Å². The van der Waals surface area contributed by atoms with E-state index in [0.29, 0.717) is 5.69 Å². The van der Waals surface area contributed by atoms with Crippen molar-refractivity contribution in [3.05, 3.63) is 34.2 Å². The highest BCUT2D eigenvalue weighted by molar-refractivity contribution is 5.92. The summed E-state index contributed by atoms with van der Waals surface area (Å²) in [4.78, 5) is 13.3. The van der Waals surface area contributed by atoms with Crippen molar-refractivity contribution >= 4 is 18.2 Å². The molecule has 5 heteroatoms. The van der Waals surface area contributed by atoms with Gasteiger partial charge in [-0.05, 0) is 0 Å². The second-order valence-corrected chi connectivity index (χ2v) is 1.85. The second-order valence-electron chi connectivity index (χ2n) is 1.85. The highest BCUT2D eigenvalue weighted by atomic mass is 35.5. The summed E-state index contributed by atoms with van der Waals surface area (Å²) in [6, 6.07) is 2.65. The Morgan fingerprint density at radius 1 is 1.64 bits per heavy atom. The number of nitrogens with two attached hydrogens (primary N) is 1. The molecule has 0 atom stereocenters. The molecular weight excluding hydrogens is 166 g/mol. The fraction of sp³-hybridized carbons (Fsp3) is 0. The zero-order chi connectivity index (χ0) is 7.56. The van der Waals surface area contributed by atoms with E-state index < -0.39 is 0 Å². The molecule has 4 N–H and O–H groups in total. The van der Waals surface area contributed by atoms with Crippen LogP contribution in [0.25, 0.3) is 0 Å². The van der Waals surface area contributed by atoms with Gasteiger partial charge in [0.2, 0.25) is 0 Å². The van der Waals surface area contributed by atoms with Gasteiger partial charge in [0, 0.05) is 18.3 Å². The molecule has 1 rings (SSSR count). The zero-order valence-electron chi connectivity index (χ0n) is 5.63. The molecule has 0 fully saturated rings. The van der Waals surface area contributed by atoms with Crippen molar-refractivity contribution in [1.82, 2.24) is 4.98 Å². The summed E-state index contributed by atoms with van der Waals surface area (Å²) in [5.41, 5.74) is 5.30. The third kappa shape index (κ3) is 2.43. The van der Waals surface area contributed by atoms with E-state index in [1.807, 2.05) is 0 Å². The molecule has 0 spiro atoms. The largest absolute Gasteiger partial charge is 0.382 e. The number of hydrogen-bond donors (Lipinski definition) is 3. The van der Waals surface area contributed by atoms with Crippen molar-refractivity contribution in [2.24, 2.45) is 5.73 Å². The number of aromatic nitrogens is 1. The maximum Gasteiger partial charge on any atom is 0.182 e. The number of hydrogen-bond acceptors (Lipinski definition) is 2. The van der Waals surface area contributed by atoms with E-state index in [1.165, 1.54) is 18.3 Å². The number of amidine groups is 1. The van der Waals surface area contributed by atoms with Gasteiger partial charge in [-0.1, -0.05) is 0 Å². The number of halogens is 1. The van der Waals surface area contributed by atoms with Gasteiger partial charge in [0.05, 0.1) is 5.69 Å². The fourth-order valence-corrected chi connectivity index (χ4v) is 0.601. The average molecular weight is 174 g/mol. The molecule has 0 bridgehead atoms. The fourth-order valence-electron chi connectivity index (χ4n) is 0.601. The lowest BCUT2D eigenvalue weighted by atomic mass is 10.3. The van der Waals surface area contributed by atoms with Crippen LogP contribution in [-0.4, -0.2) is 10.8 Å². The molecule has 1 aromatic rings. The molecule has 1 aromatic heterocycles. The van der Waals surface area contributed by atoms with Crippen LogP contribution in [0.3, 0.4) is 0 Å². The minimum atomic E-state index is -0.149. The number of aromatic amines is 1. The Kier molecular flexibility index (Phi) is 3.33. The molecule has 0 radical (unpaired) electrons. The van der Waals surface area contributed by atoms with Crippen molar-refractivity contribution < 1.29 is 0 Å². The lowest BCUT2D eigenvalue weighted by Crippen LogP contribution is -2.15. The molecule has 0 unspecified atom stereocenters. The summed E-state index contributed by atoms with van der Waals surface area (Å²) in [5.74, 6) is -0.127. The number of nitrogens with one attached hydrogen (secondary N) is 2. The molecule has 0 saturated heterocycles. The average Bonchev–Trinajstić information content (AvgIpc) is 1.88. The molecule has 0 amide bonds. The molecule has 0 aliphatic carbocycles. The van der Waals surface area contributed by atoms with E-state index in [-0.39, 0.29) is 23.7 Å². The topological polar surface area (TPSA) is 82.7 Å². The Hall–Kier alpha value is -1.29. The quantitative estimate of drug-likeness (QED) is 0.415. The molecule has 11 heavy (non-hydrogen) atoms. The predicted octanol–water partition coefficient (Wildman–Crippen LogP) is 0.0808. The van der Waals surface area contributed by atoms with E-state index in [1.54, 1.807) is 0 Å². The van der Waals surface area contributed by atoms with E-state index in [4.69, 9.17) is 11.1 Å². The van der Waals surface area contributed by atoms with Gasteiger partial charge in [-0.25, -0.2) is 0 Å². The van der Waals surface area contributed by atoms with Crippen molar-refractivity contribution in [3.8, 4) is 0 Å². The molecule has 4 nitrogen and oxygen atoms in total. The van der Waals surface area contributed by atoms with Crippen molar-refractivity contribution in [1.29, 1.82) is 5.41 Å². The third-order valence-corrected chi connectivity index (χ3v) is 1.06. The van der Waals surface area contributed by atoms with Crippen molar-refractivity contribution in [3.63, 3.8) is 0 Å². The highest BCUT2D eigenvalue weighted by Crippen LogP contribution is 1.83. The molecule has 0 saturated carbocycles. The minimum absolute atomic E-state index is 0. The Morgan fingerprint density at radius 3 is 2.64 bits per heavy atom. The lowest BCUT2D eigenvalue weighted by Gasteiger charge is -1.93. The maximum atomic E-state index is 10.6. The lowest BCUT2D eigenvalue weighted by molar-refractivity contribution is 1.24. The smallest absolute Gasteiger partial charge is 0.182 e. The van der Waals surface area contributed by atoms with Crippen LogP contribution in [-0.2, 0) is 0 Å². The number of rotatable bonds is 1. The summed E-state index contributed by atoms with van der Waals surface area (Å²) in [6.07, 6.45) is 1.46. The number of pyridine rings is 1. The van der Waals surface area contributed by atoms with Crippen LogP contribution < -0.4 is 11.2 Å². The molecular formula is C6H8ClN3O. The number of H-pyrrole nitrogens is 1. The van der Waals surface area contributed by atoms with Gasteiger partial charge >= 0.3 is 0 Å². The number of nitrogen functional groups attached to an aromatic ring is 1. The van der Waals surface area contributed by atoms with Gasteiger partial charge in [-0.2, -0.15) is 0 Å². The third-order valence-electron chi connectivity index (χ3n) is 1.06.